The Morgan fingerprint density at radius 1 is 0.971 bits per heavy atom. The molecule has 3 atom stereocenters. The van der Waals surface area contributed by atoms with Crippen LogP contribution in [0.3, 0.4) is 0 Å². The molecule has 1 aliphatic heterocycles. The quantitative estimate of drug-likeness (QED) is 0.254. The van der Waals surface area contributed by atoms with Gasteiger partial charge in [-0.2, -0.15) is 0 Å². The van der Waals surface area contributed by atoms with Gasteiger partial charge in [-0.1, -0.05) is 44.2 Å². The van der Waals surface area contributed by atoms with Crippen molar-refractivity contribution >= 4 is 23.4 Å². The lowest BCUT2D eigenvalue weighted by Gasteiger charge is -2.29. The van der Waals surface area contributed by atoms with Gasteiger partial charge in [-0.3, -0.25) is 19.2 Å². The van der Waals surface area contributed by atoms with Crippen LogP contribution in [0.1, 0.15) is 56.3 Å². The largest absolute Gasteiger partial charge is 0.394 e. The SMILES string of the molecule is CC(C)CC(NC(=O)[C@H](CO)NC(=O)C1CCC(C(=O)c2ccccc2)CC1)C(=O)C1(CO)CO1. The molecule has 9 nitrogen and oxygen atoms in total. The summed E-state index contributed by atoms with van der Waals surface area (Å²) in [4.78, 5) is 51.2. The van der Waals surface area contributed by atoms with Crippen molar-refractivity contribution in [1.82, 2.24) is 10.6 Å². The van der Waals surface area contributed by atoms with Crippen molar-refractivity contribution in [2.24, 2.45) is 17.8 Å². The van der Waals surface area contributed by atoms with Crippen molar-refractivity contribution in [3.05, 3.63) is 35.9 Å². The topological polar surface area (TPSA) is 145 Å². The normalized spacial score (nSPS) is 25.4. The fourth-order valence-corrected chi connectivity index (χ4v) is 4.63. The number of hydrogen-bond acceptors (Lipinski definition) is 7. The molecule has 1 aliphatic carbocycles. The molecule has 1 aromatic carbocycles. The average molecular weight is 489 g/mol. The maximum absolute atomic E-state index is 12.8. The van der Waals surface area contributed by atoms with Crippen LogP contribution >= 0.6 is 0 Å². The second-order valence-corrected chi connectivity index (χ2v) is 10.0. The number of ketones is 2. The molecule has 1 saturated heterocycles. The molecule has 35 heavy (non-hydrogen) atoms. The Morgan fingerprint density at radius 2 is 1.57 bits per heavy atom. The first-order valence-electron chi connectivity index (χ1n) is 12.3. The highest BCUT2D eigenvalue weighted by molar-refractivity contribution is 5.99. The first-order valence-corrected chi connectivity index (χ1v) is 12.3. The summed E-state index contributed by atoms with van der Waals surface area (Å²) in [6, 6.07) is 6.99. The number of amides is 2. The number of aliphatic hydroxyl groups excluding tert-OH is 2. The molecule has 2 unspecified atom stereocenters. The Hall–Kier alpha value is -2.62. The van der Waals surface area contributed by atoms with Gasteiger partial charge in [-0.15, -0.1) is 0 Å². The van der Waals surface area contributed by atoms with E-state index in [0.717, 1.165) is 0 Å². The van der Waals surface area contributed by atoms with Crippen LogP contribution < -0.4 is 10.6 Å². The zero-order chi connectivity index (χ0) is 25.6. The maximum atomic E-state index is 12.8. The standard InChI is InChI=1S/C26H36N2O7/c1-16(2)12-20(23(32)26(14-30)15-35-26)27-25(34)21(13-29)28-24(33)19-10-8-18(9-11-19)22(31)17-6-4-3-5-7-17/h3-7,16,18-21,29-30H,8-15H2,1-2H3,(H,27,34)(H,28,33)/t18?,19?,20?,21-,26?/m0/s1. The molecule has 2 amide bonds. The predicted octanol–water partition coefficient (Wildman–Crippen LogP) is 1.01. The Bertz CT molecular complexity index is 906. The molecule has 1 saturated carbocycles. The number of aliphatic hydroxyl groups is 2. The van der Waals surface area contributed by atoms with Gasteiger partial charge in [0.1, 0.15) is 6.04 Å². The van der Waals surface area contributed by atoms with E-state index in [-0.39, 0.29) is 36.1 Å². The van der Waals surface area contributed by atoms with Gasteiger partial charge in [0.25, 0.3) is 0 Å². The van der Waals surface area contributed by atoms with Gasteiger partial charge in [-0.25, -0.2) is 0 Å². The Balaban J connectivity index is 1.54. The molecule has 4 N–H and O–H groups in total. The van der Waals surface area contributed by atoms with E-state index in [1.165, 1.54) is 0 Å². The zero-order valence-electron chi connectivity index (χ0n) is 20.4. The molecule has 3 rings (SSSR count). The number of Topliss-reactive ketones (excluding diaryl/α,β-unsaturated/α-hetero) is 2. The number of hydrogen-bond donors (Lipinski definition) is 4. The molecule has 0 spiro atoms. The third kappa shape index (κ3) is 6.74. The van der Waals surface area contributed by atoms with E-state index < -0.39 is 42.6 Å². The third-order valence-corrected chi connectivity index (χ3v) is 6.88. The molecular weight excluding hydrogens is 452 g/mol. The molecule has 0 bridgehead atoms. The van der Waals surface area contributed by atoms with Crippen molar-refractivity contribution in [2.75, 3.05) is 19.8 Å². The molecule has 9 heteroatoms. The average Bonchev–Trinajstić information content (AvgIpc) is 3.67. The summed E-state index contributed by atoms with van der Waals surface area (Å²) >= 11 is 0. The number of nitrogens with one attached hydrogen (secondary N) is 2. The summed E-state index contributed by atoms with van der Waals surface area (Å²) in [5, 5.41) is 24.5. The van der Waals surface area contributed by atoms with Crippen molar-refractivity contribution in [1.29, 1.82) is 0 Å². The molecule has 192 valence electrons. The summed E-state index contributed by atoms with van der Waals surface area (Å²) < 4.78 is 5.14. The van der Waals surface area contributed by atoms with Crippen molar-refractivity contribution in [3.63, 3.8) is 0 Å². The first-order chi connectivity index (χ1) is 16.7. The van der Waals surface area contributed by atoms with Crippen molar-refractivity contribution in [3.8, 4) is 0 Å². The second kappa shape index (κ2) is 11.9. The number of carbonyl (C=O) groups is 4. The van der Waals surface area contributed by atoms with E-state index in [9.17, 15) is 29.4 Å². The van der Waals surface area contributed by atoms with Crippen LogP contribution in [0.15, 0.2) is 30.3 Å². The van der Waals surface area contributed by atoms with Crippen molar-refractivity contribution < 1.29 is 34.1 Å². The highest BCUT2D eigenvalue weighted by Gasteiger charge is 2.54. The first kappa shape index (κ1) is 27.0. The van der Waals surface area contributed by atoms with E-state index in [1.807, 2.05) is 32.0 Å². The van der Waals surface area contributed by atoms with Gasteiger partial charge in [0, 0.05) is 17.4 Å². The van der Waals surface area contributed by atoms with Crippen LogP contribution in [0.4, 0.5) is 0 Å². The number of benzene rings is 1. The summed E-state index contributed by atoms with van der Waals surface area (Å²) in [7, 11) is 0. The van der Waals surface area contributed by atoms with E-state index >= 15 is 0 Å². The van der Waals surface area contributed by atoms with E-state index in [4.69, 9.17) is 4.74 Å². The minimum Gasteiger partial charge on any atom is -0.394 e. The highest BCUT2D eigenvalue weighted by Crippen LogP contribution is 2.32. The fourth-order valence-electron chi connectivity index (χ4n) is 4.63. The Kier molecular flexibility index (Phi) is 9.15. The molecular formula is C26H36N2O7. The van der Waals surface area contributed by atoms with Crippen LogP contribution in [-0.4, -0.2) is 71.1 Å². The molecule has 2 fully saturated rings. The fraction of sp³-hybridized carbons (Fsp3) is 0.615. The van der Waals surface area contributed by atoms with Crippen LogP contribution in [0.25, 0.3) is 0 Å². The minimum absolute atomic E-state index is 0.0784. The van der Waals surface area contributed by atoms with Crippen LogP contribution in [0, 0.1) is 17.8 Å². The highest BCUT2D eigenvalue weighted by atomic mass is 16.6. The number of epoxide rings is 1. The lowest BCUT2D eigenvalue weighted by molar-refractivity contribution is -0.135. The predicted molar refractivity (Wildman–Crippen MR) is 127 cm³/mol. The van der Waals surface area contributed by atoms with E-state index in [0.29, 0.717) is 37.7 Å². The van der Waals surface area contributed by atoms with Crippen LogP contribution in [-0.2, 0) is 19.1 Å². The van der Waals surface area contributed by atoms with Gasteiger partial charge in [0.15, 0.2) is 17.2 Å². The number of rotatable bonds is 12. The van der Waals surface area contributed by atoms with Gasteiger partial charge in [0.05, 0.1) is 25.9 Å². The van der Waals surface area contributed by atoms with Gasteiger partial charge in [0.2, 0.25) is 11.8 Å². The lowest BCUT2D eigenvalue weighted by Crippen LogP contribution is -2.56. The van der Waals surface area contributed by atoms with E-state index in [2.05, 4.69) is 10.6 Å². The summed E-state index contributed by atoms with van der Waals surface area (Å²) in [6.07, 6.45) is 2.52. The number of ether oxygens (including phenoxy) is 1. The molecule has 2 aliphatic rings. The van der Waals surface area contributed by atoms with Crippen LogP contribution in [0.5, 0.6) is 0 Å². The molecule has 1 aromatic rings. The molecule has 1 heterocycles. The van der Waals surface area contributed by atoms with Crippen molar-refractivity contribution in [2.45, 2.75) is 63.6 Å². The summed E-state index contributed by atoms with van der Waals surface area (Å²) in [6.45, 7) is 2.81. The van der Waals surface area contributed by atoms with Gasteiger partial charge in [-0.05, 0) is 38.0 Å². The Morgan fingerprint density at radius 3 is 2.09 bits per heavy atom. The monoisotopic (exact) mass is 488 g/mol. The minimum atomic E-state index is -1.28. The molecule has 0 aromatic heterocycles. The smallest absolute Gasteiger partial charge is 0.245 e. The zero-order valence-corrected chi connectivity index (χ0v) is 20.4. The molecule has 0 radical (unpaired) electrons. The maximum Gasteiger partial charge on any atom is 0.245 e. The Labute approximate surface area is 205 Å². The summed E-state index contributed by atoms with van der Waals surface area (Å²) in [5.41, 5.74) is -0.608. The van der Waals surface area contributed by atoms with Crippen LogP contribution in [0.2, 0.25) is 0 Å². The summed E-state index contributed by atoms with van der Waals surface area (Å²) in [5.74, 6) is -1.76. The van der Waals surface area contributed by atoms with Gasteiger partial charge >= 0.3 is 0 Å². The number of carbonyl (C=O) groups excluding carboxylic acids is 4. The van der Waals surface area contributed by atoms with E-state index in [1.54, 1.807) is 12.1 Å². The third-order valence-electron chi connectivity index (χ3n) is 6.88. The lowest BCUT2D eigenvalue weighted by atomic mass is 9.78. The van der Waals surface area contributed by atoms with Gasteiger partial charge < -0.3 is 25.6 Å². The second-order valence-electron chi connectivity index (χ2n) is 10.0.